The zero-order valence-corrected chi connectivity index (χ0v) is 8.12. The van der Waals surface area contributed by atoms with Gasteiger partial charge >= 0.3 is 0 Å². The normalized spacial score (nSPS) is 9.50. The van der Waals surface area contributed by atoms with Crippen molar-refractivity contribution in [2.75, 3.05) is 5.32 Å². The maximum absolute atomic E-state index is 11.3. The summed E-state index contributed by atoms with van der Waals surface area (Å²) < 4.78 is 0. The van der Waals surface area contributed by atoms with Crippen molar-refractivity contribution in [2.24, 2.45) is 0 Å². The number of carbonyl (C=O) groups excluding carboxylic acids is 2. The SMILES string of the molecule is CC(=O)CCC(=O)Nc1ccccc1. The number of anilines is 1. The molecule has 1 rings (SSSR count). The first-order valence-corrected chi connectivity index (χ1v) is 4.53. The van der Waals surface area contributed by atoms with Gasteiger partial charge in [-0.1, -0.05) is 18.2 Å². The highest BCUT2D eigenvalue weighted by Gasteiger charge is 2.03. The molecule has 0 radical (unpaired) electrons. The summed E-state index contributed by atoms with van der Waals surface area (Å²) >= 11 is 0. The van der Waals surface area contributed by atoms with Crippen LogP contribution in [0.1, 0.15) is 19.8 Å². The third-order valence-electron chi connectivity index (χ3n) is 1.76. The van der Waals surface area contributed by atoms with Gasteiger partial charge in [0.1, 0.15) is 5.78 Å². The first-order valence-electron chi connectivity index (χ1n) is 4.53. The first kappa shape index (κ1) is 10.4. The predicted octanol–water partition coefficient (Wildman–Crippen LogP) is 1.99. The van der Waals surface area contributed by atoms with Crippen LogP contribution in [0.15, 0.2) is 30.3 Å². The molecule has 0 aliphatic carbocycles. The summed E-state index contributed by atoms with van der Waals surface area (Å²) in [5.41, 5.74) is 0.765. The second kappa shape index (κ2) is 5.17. The molecule has 1 aromatic rings. The van der Waals surface area contributed by atoms with E-state index in [1.54, 1.807) is 0 Å². The predicted molar refractivity (Wildman–Crippen MR) is 55.0 cm³/mol. The van der Waals surface area contributed by atoms with Gasteiger partial charge in [0.25, 0.3) is 0 Å². The van der Waals surface area contributed by atoms with Crippen LogP contribution in [0, 0.1) is 0 Å². The number of carbonyl (C=O) groups is 2. The van der Waals surface area contributed by atoms with E-state index in [0.29, 0.717) is 6.42 Å². The van der Waals surface area contributed by atoms with E-state index < -0.39 is 0 Å². The lowest BCUT2D eigenvalue weighted by Crippen LogP contribution is -2.12. The van der Waals surface area contributed by atoms with Gasteiger partial charge in [-0.15, -0.1) is 0 Å². The lowest BCUT2D eigenvalue weighted by Gasteiger charge is -2.02. The summed E-state index contributed by atoms with van der Waals surface area (Å²) in [6.07, 6.45) is 0.558. The Morgan fingerprint density at radius 3 is 2.36 bits per heavy atom. The average Bonchev–Trinajstić information content (AvgIpc) is 2.16. The van der Waals surface area contributed by atoms with Crippen LogP contribution in [0.2, 0.25) is 0 Å². The van der Waals surface area contributed by atoms with Crippen molar-refractivity contribution in [2.45, 2.75) is 19.8 Å². The molecule has 0 aliphatic heterocycles. The van der Waals surface area contributed by atoms with E-state index in [-0.39, 0.29) is 18.1 Å². The number of hydrogen-bond donors (Lipinski definition) is 1. The minimum Gasteiger partial charge on any atom is -0.326 e. The number of nitrogens with one attached hydrogen (secondary N) is 1. The molecule has 0 fully saturated rings. The van der Waals surface area contributed by atoms with E-state index in [4.69, 9.17) is 0 Å². The summed E-state index contributed by atoms with van der Waals surface area (Å²) in [7, 11) is 0. The Kier molecular flexibility index (Phi) is 3.85. The lowest BCUT2D eigenvalue weighted by atomic mass is 10.2. The smallest absolute Gasteiger partial charge is 0.224 e. The van der Waals surface area contributed by atoms with E-state index in [0.717, 1.165) is 5.69 Å². The minimum atomic E-state index is -0.119. The number of amides is 1. The zero-order chi connectivity index (χ0) is 10.4. The van der Waals surface area contributed by atoms with Crippen LogP contribution < -0.4 is 5.32 Å². The van der Waals surface area contributed by atoms with E-state index in [1.807, 2.05) is 30.3 Å². The van der Waals surface area contributed by atoms with Crippen molar-refractivity contribution < 1.29 is 9.59 Å². The van der Waals surface area contributed by atoms with Crippen LogP contribution >= 0.6 is 0 Å². The van der Waals surface area contributed by atoms with E-state index in [2.05, 4.69) is 5.32 Å². The van der Waals surface area contributed by atoms with Gasteiger partial charge in [0, 0.05) is 18.5 Å². The molecule has 3 heteroatoms. The Morgan fingerprint density at radius 1 is 1.14 bits per heavy atom. The summed E-state index contributed by atoms with van der Waals surface area (Å²) in [6, 6.07) is 9.20. The largest absolute Gasteiger partial charge is 0.326 e. The fourth-order valence-electron chi connectivity index (χ4n) is 1.03. The number of ketones is 1. The highest BCUT2D eigenvalue weighted by atomic mass is 16.2. The second-order valence-electron chi connectivity index (χ2n) is 3.12. The number of para-hydroxylation sites is 1. The number of rotatable bonds is 4. The van der Waals surface area contributed by atoms with Gasteiger partial charge < -0.3 is 10.1 Å². The number of Topliss-reactive ketones (excluding diaryl/α,β-unsaturated/α-hetero) is 1. The monoisotopic (exact) mass is 191 g/mol. The Labute approximate surface area is 83.1 Å². The molecule has 74 valence electrons. The standard InChI is InChI=1S/C11H13NO2/c1-9(13)7-8-11(14)12-10-5-3-2-4-6-10/h2-6H,7-8H2,1H3,(H,12,14). The Bertz CT molecular complexity index is 319. The maximum atomic E-state index is 11.3. The number of hydrogen-bond acceptors (Lipinski definition) is 2. The molecule has 1 amide bonds. The molecule has 0 bridgehead atoms. The topological polar surface area (TPSA) is 46.2 Å². The van der Waals surface area contributed by atoms with Gasteiger partial charge in [-0.05, 0) is 19.1 Å². The first-order chi connectivity index (χ1) is 6.68. The maximum Gasteiger partial charge on any atom is 0.224 e. The van der Waals surface area contributed by atoms with Gasteiger partial charge in [0.05, 0.1) is 0 Å². The van der Waals surface area contributed by atoms with Gasteiger partial charge in [-0.3, -0.25) is 4.79 Å². The third-order valence-corrected chi connectivity index (χ3v) is 1.76. The molecule has 14 heavy (non-hydrogen) atoms. The Balaban J connectivity index is 2.38. The van der Waals surface area contributed by atoms with Crippen LogP contribution in [0.4, 0.5) is 5.69 Å². The van der Waals surface area contributed by atoms with E-state index in [1.165, 1.54) is 6.92 Å². The van der Waals surface area contributed by atoms with Crippen molar-refractivity contribution in [3.8, 4) is 0 Å². The molecule has 0 atom stereocenters. The van der Waals surface area contributed by atoms with E-state index in [9.17, 15) is 9.59 Å². The van der Waals surface area contributed by atoms with Crippen LogP contribution in [0.5, 0.6) is 0 Å². The van der Waals surface area contributed by atoms with Crippen molar-refractivity contribution in [3.05, 3.63) is 30.3 Å². The molecule has 0 aromatic heterocycles. The molecule has 3 nitrogen and oxygen atoms in total. The van der Waals surface area contributed by atoms with Gasteiger partial charge in [-0.2, -0.15) is 0 Å². The van der Waals surface area contributed by atoms with Crippen LogP contribution in [-0.4, -0.2) is 11.7 Å². The molecule has 0 spiro atoms. The fourth-order valence-corrected chi connectivity index (χ4v) is 1.03. The second-order valence-corrected chi connectivity index (χ2v) is 3.12. The third kappa shape index (κ3) is 3.85. The van der Waals surface area contributed by atoms with Crippen LogP contribution in [0.3, 0.4) is 0 Å². The molecular weight excluding hydrogens is 178 g/mol. The highest BCUT2D eigenvalue weighted by molar-refractivity contribution is 5.93. The molecule has 0 heterocycles. The van der Waals surface area contributed by atoms with Gasteiger partial charge in [0.2, 0.25) is 5.91 Å². The molecule has 1 N–H and O–H groups in total. The van der Waals surface area contributed by atoms with Crippen molar-refractivity contribution in [1.29, 1.82) is 0 Å². The van der Waals surface area contributed by atoms with Crippen molar-refractivity contribution >= 4 is 17.4 Å². The number of benzene rings is 1. The summed E-state index contributed by atoms with van der Waals surface area (Å²) in [4.78, 5) is 21.9. The van der Waals surface area contributed by atoms with Crippen LogP contribution in [0.25, 0.3) is 0 Å². The Hall–Kier alpha value is -1.64. The lowest BCUT2D eigenvalue weighted by molar-refractivity contribution is -0.121. The summed E-state index contributed by atoms with van der Waals surface area (Å²) in [5.74, 6) is -0.0837. The molecule has 0 saturated heterocycles. The zero-order valence-electron chi connectivity index (χ0n) is 8.12. The highest BCUT2D eigenvalue weighted by Crippen LogP contribution is 2.05. The van der Waals surface area contributed by atoms with Crippen molar-refractivity contribution in [3.63, 3.8) is 0 Å². The van der Waals surface area contributed by atoms with Crippen LogP contribution in [-0.2, 0) is 9.59 Å². The Morgan fingerprint density at radius 2 is 1.79 bits per heavy atom. The molecule has 1 aromatic carbocycles. The fraction of sp³-hybridized carbons (Fsp3) is 0.273. The van der Waals surface area contributed by atoms with Gasteiger partial charge in [-0.25, -0.2) is 0 Å². The van der Waals surface area contributed by atoms with E-state index >= 15 is 0 Å². The average molecular weight is 191 g/mol. The van der Waals surface area contributed by atoms with Gasteiger partial charge in [0.15, 0.2) is 0 Å². The molecule has 0 unspecified atom stereocenters. The summed E-state index contributed by atoms with van der Waals surface area (Å²) in [6.45, 7) is 1.48. The molecule has 0 saturated carbocycles. The summed E-state index contributed by atoms with van der Waals surface area (Å²) in [5, 5.41) is 2.71. The van der Waals surface area contributed by atoms with Crippen molar-refractivity contribution in [1.82, 2.24) is 0 Å². The minimum absolute atomic E-state index is 0.0354. The quantitative estimate of drug-likeness (QED) is 0.791. The molecule has 0 aliphatic rings. The molecular formula is C11H13NO2.